The minimum Gasteiger partial charge on any atom is -0.378 e. The van der Waals surface area contributed by atoms with Crippen LogP contribution in [-0.4, -0.2) is 307 Å². The number of nitrogens with one attached hydrogen (secondary N) is 3. The molecule has 0 radical (unpaired) electrons. The Hall–Kier alpha value is -7.14. The Labute approximate surface area is 630 Å². The molecule has 2 bridgehead atoms. The Morgan fingerprint density at radius 1 is 0.606 bits per heavy atom. The molecule has 1 spiro atoms. The molecule has 7 rings (SSSR count). The molecule has 0 aromatic rings. The number of ether oxygens (including phenoxy) is 2. The summed E-state index contributed by atoms with van der Waals surface area (Å²) in [4.78, 5) is 189. The standard InChI is InChI=1S/C73H112F10N12O14/c1-12-42(5)61-69(106)88(7)40-59(98)89(8)50-17-14-15-26-94(68(50)105)55(34-43-18-21-45(22-19-43)72(78,79)80)65(102)87(6)39-57(96)84-49(23-20-44-32-47(74)60(48(75)33-44)73(81,82)83)64(101)95-38-46(109-13-2)35-52(95)63(100)86-71(24-16-25-71)70(107)92(11)53(36-56(76)77)66(103)91(10)54(67(104)93-27-29-108-30-28-93)37-58(97)90(9)51(31-41(3)4)62(99)85-61/h41-56,60-61H,12-40H2,1-11H3,(H,84,96)(H,85,99)(H,86,100)/t42-,43?,44?,45?,46+,47?,48?,49-,50-,51-,52-,53-,54-,55-,60?,61-/m0/s1. The molecule has 4 heterocycles. The van der Waals surface area contributed by atoms with E-state index in [1.807, 2.05) is 0 Å². The van der Waals surface area contributed by atoms with Crippen LogP contribution in [0.3, 0.4) is 0 Å². The fraction of sp³-hybridized carbons (Fsp3) is 0.836. The monoisotopic (exact) mass is 1570 g/mol. The van der Waals surface area contributed by atoms with Crippen LogP contribution in [0.15, 0.2) is 0 Å². The van der Waals surface area contributed by atoms with E-state index in [4.69, 9.17) is 9.47 Å². The highest BCUT2D eigenvalue weighted by Crippen LogP contribution is 2.45. The number of fused-ring (bicyclic) bond motifs is 3. The molecule has 7 fully saturated rings. The van der Waals surface area contributed by atoms with E-state index < -0.39 is 237 Å². The van der Waals surface area contributed by atoms with Crippen molar-refractivity contribution in [1.29, 1.82) is 0 Å². The van der Waals surface area contributed by atoms with E-state index >= 15 is 46.3 Å². The lowest BCUT2D eigenvalue weighted by molar-refractivity contribution is -0.219. The summed E-state index contributed by atoms with van der Waals surface area (Å²) in [5, 5.41) is 8.07. The molecule has 3 aliphatic carbocycles. The Balaban J connectivity index is 1.32. The van der Waals surface area contributed by atoms with Gasteiger partial charge < -0.3 is 69.5 Å². The number of likely N-dealkylation sites (N-methyl/N-ethyl adjacent to an activating group) is 6. The summed E-state index contributed by atoms with van der Waals surface area (Å²) in [5.74, 6) is -18.5. The van der Waals surface area contributed by atoms with Gasteiger partial charge >= 0.3 is 12.4 Å². The first kappa shape index (κ1) is 89.1. The number of nitrogens with zero attached hydrogens (tertiary/aromatic N) is 9. The van der Waals surface area contributed by atoms with Gasteiger partial charge in [-0.05, 0) is 133 Å². The Bertz CT molecular complexity index is 3200. The zero-order valence-electron chi connectivity index (χ0n) is 64.4. The number of carbonyl (C=O) groups excluding carboxylic acids is 12. The number of hydrogen-bond acceptors (Lipinski definition) is 14. The second-order valence-corrected chi connectivity index (χ2v) is 31.5. The maximum Gasteiger partial charge on any atom is 0.397 e. The quantitative estimate of drug-likeness (QED) is 0.183. The second kappa shape index (κ2) is 38.4. The molecule has 0 aromatic carbocycles. The van der Waals surface area contributed by atoms with Crippen molar-refractivity contribution in [3.05, 3.63) is 0 Å². The lowest BCUT2D eigenvalue weighted by Crippen LogP contribution is -2.68. The van der Waals surface area contributed by atoms with Crippen LogP contribution in [0.2, 0.25) is 0 Å². The molecule has 2 unspecified atom stereocenters. The van der Waals surface area contributed by atoms with Crippen LogP contribution in [-0.2, 0) is 67.0 Å². The molecule has 7 aliphatic rings. The lowest BCUT2D eigenvalue weighted by atomic mass is 9.75. The number of alkyl halides is 10. The van der Waals surface area contributed by atoms with Gasteiger partial charge in [-0.2, -0.15) is 26.3 Å². The van der Waals surface area contributed by atoms with Crippen molar-refractivity contribution in [3.63, 3.8) is 0 Å². The van der Waals surface area contributed by atoms with E-state index in [0.29, 0.717) is 11.3 Å². The van der Waals surface area contributed by atoms with E-state index in [2.05, 4.69) is 16.0 Å². The molecule has 12 atom stereocenters. The Morgan fingerprint density at radius 3 is 1.79 bits per heavy atom. The summed E-state index contributed by atoms with van der Waals surface area (Å²) in [6.07, 6.45) is -24.5. The molecule has 4 aliphatic heterocycles. The van der Waals surface area contributed by atoms with Crippen molar-refractivity contribution in [2.75, 3.05) is 101 Å². The van der Waals surface area contributed by atoms with Crippen LogP contribution in [0, 0.1) is 35.5 Å². The molecule has 618 valence electrons. The number of carbonyl (C=O) groups is 12. The van der Waals surface area contributed by atoms with Gasteiger partial charge in [0.1, 0.15) is 72.1 Å². The van der Waals surface area contributed by atoms with Crippen molar-refractivity contribution >= 4 is 70.9 Å². The maximum atomic E-state index is 15.4. The van der Waals surface area contributed by atoms with Crippen LogP contribution < -0.4 is 16.0 Å². The van der Waals surface area contributed by atoms with Crippen molar-refractivity contribution < 1.29 is 111 Å². The van der Waals surface area contributed by atoms with Crippen LogP contribution >= 0.6 is 0 Å². The van der Waals surface area contributed by atoms with Crippen LogP contribution in [0.1, 0.15) is 163 Å². The summed E-state index contributed by atoms with van der Waals surface area (Å²) in [5.41, 5.74) is -1.96. The lowest BCUT2D eigenvalue weighted by Gasteiger charge is -2.46. The predicted octanol–water partition coefficient (Wildman–Crippen LogP) is 5.42. The van der Waals surface area contributed by atoms with E-state index in [1.165, 1.54) is 38.0 Å². The average Bonchev–Trinajstić information content (AvgIpc) is 1.69. The first-order valence-corrected chi connectivity index (χ1v) is 38.3. The molecular formula is C73H112F10N12O14. The minimum atomic E-state index is -5.25. The number of halogens is 10. The fourth-order valence-corrected chi connectivity index (χ4v) is 16.5. The fourth-order valence-electron chi connectivity index (χ4n) is 16.5. The third-order valence-corrected chi connectivity index (χ3v) is 23.5. The summed E-state index contributed by atoms with van der Waals surface area (Å²) in [7, 11) is 7.19. The van der Waals surface area contributed by atoms with E-state index in [9.17, 15) is 55.1 Å². The number of rotatable bonds is 14. The molecule has 36 heteroatoms. The van der Waals surface area contributed by atoms with Crippen LogP contribution in [0.5, 0.6) is 0 Å². The summed E-state index contributed by atoms with van der Waals surface area (Å²) < 4.78 is 156. The van der Waals surface area contributed by atoms with Gasteiger partial charge in [0.15, 0.2) is 0 Å². The summed E-state index contributed by atoms with van der Waals surface area (Å²) in [6.45, 7) is 6.47. The summed E-state index contributed by atoms with van der Waals surface area (Å²) >= 11 is 0. The van der Waals surface area contributed by atoms with Gasteiger partial charge in [0.05, 0.1) is 44.7 Å². The highest BCUT2D eigenvalue weighted by Gasteiger charge is 2.56. The minimum absolute atomic E-state index is 0.0186. The normalized spacial score (nSPS) is 31.6. The number of morpholine rings is 1. The Morgan fingerprint density at radius 2 is 1.23 bits per heavy atom. The highest BCUT2D eigenvalue weighted by atomic mass is 19.4. The molecule has 109 heavy (non-hydrogen) atoms. The van der Waals surface area contributed by atoms with Crippen molar-refractivity contribution in [1.82, 2.24) is 60.0 Å². The molecule has 26 nitrogen and oxygen atoms in total. The molecule has 3 saturated carbocycles. The SMILES string of the molecule is CCO[C@@H]1C[C@H]2C(=O)NC3(CCC3)C(=O)N(C)[C@@H](CC(F)F)C(=O)N(C)[C@H](C(=O)N3CCOCC3)CC(=O)N(C)[C@@H](CC(C)C)C(=O)N[C@@H]([C@@H](C)CC)C(=O)N(C)CC(=O)N(C)[C@H]3CCCCN(C3=O)[C@@H](CC3CCC(C(F)(F)F)CC3)C(=O)N(C)CC(=O)N[C@@H](CCC3CC(F)C(C(F)(F)F)C(F)C3)C(=O)N2C1. The third-order valence-electron chi connectivity index (χ3n) is 23.5. The van der Waals surface area contributed by atoms with Gasteiger partial charge in [-0.3, -0.25) is 57.5 Å². The second-order valence-electron chi connectivity index (χ2n) is 31.5. The third kappa shape index (κ3) is 22.2. The van der Waals surface area contributed by atoms with Gasteiger partial charge in [0.25, 0.3) is 0 Å². The number of amides is 12. The van der Waals surface area contributed by atoms with Crippen molar-refractivity contribution in [2.24, 2.45) is 35.5 Å². The zero-order chi connectivity index (χ0) is 81.1. The van der Waals surface area contributed by atoms with E-state index in [1.54, 1.807) is 34.6 Å². The summed E-state index contributed by atoms with van der Waals surface area (Å²) in [6, 6.07) is -12.8. The van der Waals surface area contributed by atoms with Gasteiger partial charge in [0.2, 0.25) is 77.3 Å². The van der Waals surface area contributed by atoms with Gasteiger partial charge in [-0.25, -0.2) is 17.6 Å². The molecule has 0 aromatic heterocycles. The first-order valence-electron chi connectivity index (χ1n) is 38.3. The van der Waals surface area contributed by atoms with Crippen LogP contribution in [0.25, 0.3) is 0 Å². The topological polar surface area (TPSA) is 289 Å². The largest absolute Gasteiger partial charge is 0.397 e. The zero-order valence-corrected chi connectivity index (χ0v) is 64.4. The molecule has 4 saturated heterocycles. The maximum absolute atomic E-state index is 15.4. The smallest absolute Gasteiger partial charge is 0.378 e. The highest BCUT2D eigenvalue weighted by molar-refractivity contribution is 6.01. The van der Waals surface area contributed by atoms with Gasteiger partial charge in [-0.15, -0.1) is 0 Å². The predicted molar refractivity (Wildman–Crippen MR) is 374 cm³/mol. The van der Waals surface area contributed by atoms with E-state index in [-0.39, 0.29) is 142 Å². The number of hydrogen-bond donors (Lipinski definition) is 3. The molecule has 12 amide bonds. The van der Waals surface area contributed by atoms with Crippen molar-refractivity contribution in [2.45, 2.75) is 254 Å². The Kier molecular flexibility index (Phi) is 31.4. The molecule has 3 N–H and O–H groups in total. The van der Waals surface area contributed by atoms with Crippen molar-refractivity contribution in [3.8, 4) is 0 Å². The van der Waals surface area contributed by atoms with Gasteiger partial charge in [0, 0.05) is 87.9 Å². The van der Waals surface area contributed by atoms with Crippen LogP contribution in [0.4, 0.5) is 43.9 Å². The molecular weight excluding hydrogens is 1460 g/mol. The average molecular weight is 1570 g/mol. The van der Waals surface area contributed by atoms with E-state index in [0.717, 1.165) is 43.5 Å². The first-order chi connectivity index (χ1) is 51.0. The van der Waals surface area contributed by atoms with Gasteiger partial charge in [-0.1, -0.05) is 34.1 Å².